The standard InChI is InChI=1S/C18H19O8P/c1-23-14-7-5-8-15(26-27(20,21)22)17(14)13(19)11-10-12-6-4-9-16(24-2)18(12)25-3/h4-11H,1-3H3,(H2,20,21,22)/b11-10+. The van der Waals surface area contributed by atoms with Gasteiger partial charge in [-0.3, -0.25) is 14.6 Å². The molecule has 0 bridgehead atoms. The molecule has 0 aliphatic carbocycles. The van der Waals surface area contributed by atoms with E-state index in [9.17, 15) is 9.36 Å². The third-order valence-electron chi connectivity index (χ3n) is 3.52. The van der Waals surface area contributed by atoms with Crippen molar-refractivity contribution in [1.82, 2.24) is 0 Å². The summed E-state index contributed by atoms with van der Waals surface area (Å²) in [6.45, 7) is 0. The molecule has 9 heteroatoms. The molecule has 0 radical (unpaired) electrons. The van der Waals surface area contributed by atoms with Gasteiger partial charge >= 0.3 is 7.82 Å². The molecule has 0 heterocycles. The number of ketones is 1. The molecular weight excluding hydrogens is 375 g/mol. The highest BCUT2D eigenvalue weighted by atomic mass is 31.2. The van der Waals surface area contributed by atoms with Crippen LogP contribution in [0.1, 0.15) is 15.9 Å². The number of carbonyl (C=O) groups excluding carboxylic acids is 1. The lowest BCUT2D eigenvalue weighted by Crippen LogP contribution is -2.03. The SMILES string of the molecule is COc1cccc(/C=C/C(=O)c2c(OC)cccc2OP(=O)(O)O)c1OC. The van der Waals surface area contributed by atoms with E-state index in [0.29, 0.717) is 17.1 Å². The minimum atomic E-state index is -4.85. The lowest BCUT2D eigenvalue weighted by atomic mass is 10.1. The lowest BCUT2D eigenvalue weighted by molar-refractivity contribution is 0.104. The summed E-state index contributed by atoms with van der Waals surface area (Å²) in [5.74, 6) is 0.203. The first-order chi connectivity index (χ1) is 12.8. The van der Waals surface area contributed by atoms with Crippen molar-refractivity contribution in [3.8, 4) is 23.0 Å². The molecule has 27 heavy (non-hydrogen) atoms. The van der Waals surface area contributed by atoms with Gasteiger partial charge in [-0.15, -0.1) is 0 Å². The first-order valence-electron chi connectivity index (χ1n) is 7.66. The summed E-state index contributed by atoms with van der Waals surface area (Å²) in [6, 6.07) is 9.38. The van der Waals surface area contributed by atoms with Crippen LogP contribution < -0.4 is 18.7 Å². The Morgan fingerprint density at radius 2 is 1.52 bits per heavy atom. The van der Waals surface area contributed by atoms with Crippen LogP contribution in [0.15, 0.2) is 42.5 Å². The first kappa shape index (κ1) is 20.5. The Balaban J connectivity index is 2.44. The normalized spacial score (nSPS) is 11.3. The van der Waals surface area contributed by atoms with Crippen molar-refractivity contribution in [1.29, 1.82) is 0 Å². The molecule has 0 amide bonds. The molecule has 144 valence electrons. The summed E-state index contributed by atoms with van der Waals surface area (Å²) in [5, 5.41) is 0. The Morgan fingerprint density at radius 1 is 0.926 bits per heavy atom. The quantitative estimate of drug-likeness (QED) is 0.399. The third-order valence-corrected chi connectivity index (χ3v) is 3.95. The van der Waals surface area contributed by atoms with Crippen molar-refractivity contribution in [3.05, 3.63) is 53.6 Å². The zero-order valence-corrected chi connectivity index (χ0v) is 15.8. The van der Waals surface area contributed by atoms with Crippen LogP contribution in [0.5, 0.6) is 23.0 Å². The molecule has 2 rings (SSSR count). The van der Waals surface area contributed by atoms with Gasteiger partial charge in [-0.05, 0) is 30.4 Å². The summed E-state index contributed by atoms with van der Waals surface area (Å²) in [7, 11) is -0.545. The van der Waals surface area contributed by atoms with Crippen LogP contribution in [0.25, 0.3) is 6.08 Å². The average molecular weight is 394 g/mol. The number of para-hydroxylation sites is 1. The predicted octanol–water partition coefficient (Wildman–Crippen LogP) is 3.08. The number of phosphoric ester groups is 1. The van der Waals surface area contributed by atoms with Crippen molar-refractivity contribution in [2.45, 2.75) is 0 Å². The highest BCUT2D eigenvalue weighted by Gasteiger charge is 2.23. The van der Waals surface area contributed by atoms with Crippen molar-refractivity contribution in [3.63, 3.8) is 0 Å². The highest BCUT2D eigenvalue weighted by molar-refractivity contribution is 7.46. The maximum atomic E-state index is 12.7. The molecule has 0 spiro atoms. The predicted molar refractivity (Wildman–Crippen MR) is 98.6 cm³/mol. The van der Waals surface area contributed by atoms with Crippen LogP contribution in [-0.4, -0.2) is 36.9 Å². The molecule has 2 aromatic rings. The Hall–Kier alpha value is -2.80. The number of hydrogen-bond donors (Lipinski definition) is 2. The topological polar surface area (TPSA) is 112 Å². The Kier molecular flexibility index (Phi) is 6.63. The van der Waals surface area contributed by atoms with Gasteiger partial charge in [0, 0.05) is 5.56 Å². The van der Waals surface area contributed by atoms with Gasteiger partial charge in [0.05, 0.1) is 21.3 Å². The van der Waals surface area contributed by atoms with Crippen LogP contribution in [0.2, 0.25) is 0 Å². The van der Waals surface area contributed by atoms with Crippen LogP contribution in [0.3, 0.4) is 0 Å². The van der Waals surface area contributed by atoms with E-state index in [0.717, 1.165) is 0 Å². The molecule has 0 fully saturated rings. The second kappa shape index (κ2) is 8.73. The van der Waals surface area contributed by atoms with Crippen LogP contribution in [0, 0.1) is 0 Å². The van der Waals surface area contributed by atoms with E-state index >= 15 is 0 Å². The van der Waals surface area contributed by atoms with E-state index in [2.05, 4.69) is 4.52 Å². The first-order valence-corrected chi connectivity index (χ1v) is 9.19. The second-order valence-electron chi connectivity index (χ2n) is 5.20. The van der Waals surface area contributed by atoms with Gasteiger partial charge in [-0.1, -0.05) is 18.2 Å². The zero-order chi connectivity index (χ0) is 20.0. The Bertz CT molecular complexity index is 900. The van der Waals surface area contributed by atoms with Gasteiger partial charge in [-0.25, -0.2) is 4.57 Å². The zero-order valence-electron chi connectivity index (χ0n) is 14.9. The summed E-state index contributed by atoms with van der Waals surface area (Å²) in [4.78, 5) is 30.8. The van der Waals surface area contributed by atoms with Crippen molar-refractivity contribution in [2.24, 2.45) is 0 Å². The van der Waals surface area contributed by atoms with Gasteiger partial charge in [0.1, 0.15) is 17.1 Å². The second-order valence-corrected chi connectivity index (χ2v) is 6.36. The lowest BCUT2D eigenvalue weighted by Gasteiger charge is -2.13. The van der Waals surface area contributed by atoms with E-state index < -0.39 is 13.6 Å². The fourth-order valence-corrected chi connectivity index (χ4v) is 2.83. The summed E-state index contributed by atoms with van der Waals surface area (Å²) in [6.07, 6.45) is 2.72. The summed E-state index contributed by atoms with van der Waals surface area (Å²) >= 11 is 0. The van der Waals surface area contributed by atoms with E-state index in [4.69, 9.17) is 24.0 Å². The number of allylic oxidation sites excluding steroid dienone is 1. The van der Waals surface area contributed by atoms with Crippen molar-refractivity contribution >= 4 is 19.7 Å². The van der Waals surface area contributed by atoms with E-state index in [1.807, 2.05) is 0 Å². The van der Waals surface area contributed by atoms with Crippen molar-refractivity contribution < 1.29 is 37.9 Å². The van der Waals surface area contributed by atoms with Gasteiger partial charge in [0.25, 0.3) is 0 Å². The molecular formula is C18H19O8P. The van der Waals surface area contributed by atoms with Gasteiger partial charge in [0.2, 0.25) is 0 Å². The van der Waals surface area contributed by atoms with Gasteiger partial charge < -0.3 is 18.7 Å². The minimum Gasteiger partial charge on any atom is -0.496 e. The van der Waals surface area contributed by atoms with Crippen molar-refractivity contribution in [2.75, 3.05) is 21.3 Å². The summed E-state index contributed by atoms with van der Waals surface area (Å²) in [5.41, 5.74) is 0.471. The van der Waals surface area contributed by atoms with Gasteiger partial charge in [0.15, 0.2) is 17.3 Å². The number of benzene rings is 2. The molecule has 0 aliphatic heterocycles. The van der Waals surface area contributed by atoms with Gasteiger partial charge in [-0.2, -0.15) is 0 Å². The molecule has 0 aromatic heterocycles. The highest BCUT2D eigenvalue weighted by Crippen LogP contribution is 2.41. The molecule has 0 aliphatic rings. The maximum absolute atomic E-state index is 12.7. The van der Waals surface area contributed by atoms with Crippen LogP contribution in [-0.2, 0) is 4.57 Å². The number of carbonyl (C=O) groups is 1. The molecule has 0 saturated heterocycles. The fraction of sp³-hybridized carbons (Fsp3) is 0.167. The molecule has 8 nitrogen and oxygen atoms in total. The molecule has 0 unspecified atom stereocenters. The smallest absolute Gasteiger partial charge is 0.496 e. The van der Waals surface area contributed by atoms with E-state index in [-0.39, 0.29) is 17.1 Å². The number of hydrogen-bond acceptors (Lipinski definition) is 6. The number of ether oxygens (including phenoxy) is 3. The molecule has 0 atom stereocenters. The van der Waals surface area contributed by atoms with Crippen LogP contribution >= 0.6 is 7.82 Å². The maximum Gasteiger partial charge on any atom is 0.524 e. The number of rotatable bonds is 8. The fourth-order valence-electron chi connectivity index (χ4n) is 2.42. The summed E-state index contributed by atoms with van der Waals surface area (Å²) < 4.78 is 31.4. The largest absolute Gasteiger partial charge is 0.524 e. The molecule has 2 aromatic carbocycles. The Morgan fingerprint density at radius 3 is 2.11 bits per heavy atom. The van der Waals surface area contributed by atoms with E-state index in [1.165, 1.54) is 51.7 Å². The third kappa shape index (κ3) is 5.10. The monoisotopic (exact) mass is 394 g/mol. The van der Waals surface area contributed by atoms with E-state index in [1.54, 1.807) is 18.2 Å². The molecule has 0 saturated carbocycles. The average Bonchev–Trinajstić information content (AvgIpc) is 2.63. The number of methoxy groups -OCH3 is 3. The molecule has 2 N–H and O–H groups in total. The Labute approximate surface area is 156 Å². The van der Waals surface area contributed by atoms with Crippen LogP contribution in [0.4, 0.5) is 0 Å². The number of phosphoric acid groups is 1. The minimum absolute atomic E-state index is 0.110.